The average Bonchev–Trinajstić information content (AvgIpc) is 3.85. The van der Waals surface area contributed by atoms with E-state index in [1.165, 1.54) is 54.9 Å². The van der Waals surface area contributed by atoms with Crippen LogP contribution in [0.2, 0.25) is 0 Å². The van der Waals surface area contributed by atoms with Crippen molar-refractivity contribution < 1.29 is 4.42 Å². The van der Waals surface area contributed by atoms with Crippen molar-refractivity contribution in [2.45, 2.75) is 5.41 Å². The predicted octanol–water partition coefficient (Wildman–Crippen LogP) is 11.8. The molecule has 0 atom stereocenters. The molecule has 240 valence electrons. The molecule has 10 aromatic rings. The van der Waals surface area contributed by atoms with Gasteiger partial charge in [0.05, 0.1) is 11.0 Å². The van der Waals surface area contributed by atoms with E-state index >= 15 is 0 Å². The van der Waals surface area contributed by atoms with Gasteiger partial charge in [-0.1, -0.05) is 146 Å². The first-order valence-electron chi connectivity index (χ1n) is 17.7. The van der Waals surface area contributed by atoms with Crippen LogP contribution in [-0.2, 0) is 5.41 Å². The van der Waals surface area contributed by atoms with Crippen LogP contribution in [0.5, 0.6) is 0 Å². The van der Waals surface area contributed by atoms with E-state index < -0.39 is 5.41 Å². The fraction of sp³-hybridized carbons (Fsp3) is 0.0208. The highest BCUT2D eigenvalue weighted by molar-refractivity contribution is 6.17. The molecule has 2 aromatic heterocycles. The number of aromatic nitrogens is 3. The highest BCUT2D eigenvalue weighted by atomic mass is 16.3. The maximum Gasteiger partial charge on any atom is 0.167 e. The van der Waals surface area contributed by atoms with Crippen molar-refractivity contribution in [1.29, 1.82) is 0 Å². The maximum absolute atomic E-state index is 6.47. The van der Waals surface area contributed by atoms with Crippen molar-refractivity contribution in [3.63, 3.8) is 0 Å². The topological polar surface area (TPSA) is 51.8 Å². The Hall–Kier alpha value is -6.91. The van der Waals surface area contributed by atoms with Crippen LogP contribution in [0, 0.1) is 0 Å². The summed E-state index contributed by atoms with van der Waals surface area (Å²) in [6.07, 6.45) is 0. The van der Waals surface area contributed by atoms with Gasteiger partial charge in [0.2, 0.25) is 0 Å². The number of fused-ring (bicyclic) bond motifs is 10. The molecule has 0 saturated heterocycles. The second-order valence-corrected chi connectivity index (χ2v) is 13.9. The minimum absolute atomic E-state index is 0.470. The van der Waals surface area contributed by atoms with E-state index in [4.69, 9.17) is 19.4 Å². The zero-order valence-corrected chi connectivity index (χ0v) is 27.8. The molecule has 2 aliphatic carbocycles. The van der Waals surface area contributed by atoms with E-state index in [1.807, 2.05) is 42.5 Å². The fourth-order valence-electron chi connectivity index (χ4n) is 9.19. The van der Waals surface area contributed by atoms with Crippen molar-refractivity contribution in [2.24, 2.45) is 0 Å². The van der Waals surface area contributed by atoms with Crippen LogP contribution in [0.3, 0.4) is 0 Å². The Morgan fingerprint density at radius 3 is 1.79 bits per heavy atom. The van der Waals surface area contributed by atoms with E-state index in [-0.39, 0.29) is 0 Å². The SMILES string of the molecule is c1ccc(-c2nc(-c3ccc4c(c3)C3(c5ccccc5-4)c4cccc5ccc6cccc3c6c45)nc(-c3cccc4c3oc3ccccc34)n2)cc1. The Labute approximate surface area is 298 Å². The molecule has 0 saturated carbocycles. The van der Waals surface area contributed by atoms with Crippen LogP contribution < -0.4 is 0 Å². The van der Waals surface area contributed by atoms with Crippen molar-refractivity contribution in [1.82, 2.24) is 15.0 Å². The lowest BCUT2D eigenvalue weighted by atomic mass is 9.70. The van der Waals surface area contributed by atoms with Gasteiger partial charge < -0.3 is 4.42 Å². The summed E-state index contributed by atoms with van der Waals surface area (Å²) in [7, 11) is 0. The summed E-state index contributed by atoms with van der Waals surface area (Å²) >= 11 is 0. The second kappa shape index (κ2) is 10.1. The van der Waals surface area contributed by atoms with Crippen LogP contribution in [0.4, 0.5) is 0 Å². The number of hydrogen-bond donors (Lipinski definition) is 0. The minimum atomic E-state index is -0.470. The Morgan fingerprint density at radius 2 is 0.981 bits per heavy atom. The molecule has 0 amide bonds. The van der Waals surface area contributed by atoms with Gasteiger partial charge in [-0.05, 0) is 73.1 Å². The van der Waals surface area contributed by atoms with E-state index in [0.717, 1.165) is 38.6 Å². The fourth-order valence-corrected chi connectivity index (χ4v) is 9.19. The third-order valence-electron chi connectivity index (χ3n) is 11.3. The number of benzene rings is 8. The van der Waals surface area contributed by atoms with Gasteiger partial charge in [-0.3, -0.25) is 0 Å². The van der Waals surface area contributed by atoms with Crippen LogP contribution >= 0.6 is 0 Å². The van der Waals surface area contributed by atoms with E-state index in [9.17, 15) is 0 Å². The third-order valence-corrected chi connectivity index (χ3v) is 11.3. The average molecular weight is 662 g/mol. The molecule has 0 fully saturated rings. The molecular formula is C48H27N3O. The van der Waals surface area contributed by atoms with E-state index in [1.54, 1.807) is 0 Å². The Morgan fingerprint density at radius 1 is 0.385 bits per heavy atom. The molecule has 12 rings (SSSR count). The van der Waals surface area contributed by atoms with Crippen molar-refractivity contribution in [3.8, 4) is 45.3 Å². The summed E-state index contributed by atoms with van der Waals surface area (Å²) in [6.45, 7) is 0. The van der Waals surface area contributed by atoms with Crippen LogP contribution in [0.15, 0.2) is 168 Å². The van der Waals surface area contributed by atoms with Gasteiger partial charge in [-0.2, -0.15) is 0 Å². The van der Waals surface area contributed by atoms with E-state index in [2.05, 4.69) is 121 Å². The Balaban J connectivity index is 1.14. The smallest absolute Gasteiger partial charge is 0.167 e. The van der Waals surface area contributed by atoms with Crippen LogP contribution in [0.1, 0.15) is 22.3 Å². The largest absolute Gasteiger partial charge is 0.455 e. The van der Waals surface area contributed by atoms with Crippen LogP contribution in [-0.4, -0.2) is 15.0 Å². The van der Waals surface area contributed by atoms with Crippen molar-refractivity contribution in [3.05, 3.63) is 186 Å². The monoisotopic (exact) mass is 661 g/mol. The first-order valence-corrected chi connectivity index (χ1v) is 17.7. The highest BCUT2D eigenvalue weighted by Gasteiger charge is 2.50. The molecule has 8 aromatic carbocycles. The summed E-state index contributed by atoms with van der Waals surface area (Å²) in [6, 6.07) is 58.3. The standard InChI is InChI=1S/C48H27N3O/c1-2-11-30(12-3-1)45-49-46(51-47(50-45)36-18-10-17-35-34-16-5-7-22-41(34)52-44(35)36)31-25-26-33-32-15-4-6-19-37(32)48(40(33)27-31)38-20-8-13-28-23-24-29-14-9-21-39(48)43(29)42(28)38/h1-27H. The summed E-state index contributed by atoms with van der Waals surface area (Å²) in [5.74, 6) is 1.82. The van der Waals surface area contributed by atoms with Gasteiger partial charge in [-0.15, -0.1) is 0 Å². The van der Waals surface area contributed by atoms with Gasteiger partial charge in [0.25, 0.3) is 0 Å². The molecular weight excluding hydrogens is 635 g/mol. The number of rotatable bonds is 3. The number of furan rings is 1. The quantitative estimate of drug-likeness (QED) is 0.177. The molecule has 0 aliphatic heterocycles. The summed E-state index contributed by atoms with van der Waals surface area (Å²) < 4.78 is 6.47. The Kier molecular flexibility index (Phi) is 5.40. The molecule has 0 bridgehead atoms. The third kappa shape index (κ3) is 3.53. The van der Waals surface area contributed by atoms with Gasteiger partial charge in [0.1, 0.15) is 11.2 Å². The van der Waals surface area contributed by atoms with E-state index in [0.29, 0.717) is 17.5 Å². The number of para-hydroxylation sites is 2. The molecule has 0 unspecified atom stereocenters. The highest BCUT2D eigenvalue weighted by Crippen LogP contribution is 2.62. The molecule has 0 radical (unpaired) electrons. The van der Waals surface area contributed by atoms with Gasteiger partial charge in [0.15, 0.2) is 17.5 Å². The number of nitrogens with zero attached hydrogens (tertiary/aromatic N) is 3. The minimum Gasteiger partial charge on any atom is -0.455 e. The molecule has 4 heteroatoms. The molecule has 4 nitrogen and oxygen atoms in total. The predicted molar refractivity (Wildman–Crippen MR) is 209 cm³/mol. The summed E-state index contributed by atoms with van der Waals surface area (Å²) in [5, 5.41) is 7.34. The lowest BCUT2D eigenvalue weighted by Gasteiger charge is -2.31. The number of hydrogen-bond acceptors (Lipinski definition) is 4. The normalized spacial score (nSPS) is 13.5. The summed E-state index contributed by atoms with van der Waals surface area (Å²) in [4.78, 5) is 15.5. The zero-order chi connectivity index (χ0) is 34.0. The molecule has 52 heavy (non-hydrogen) atoms. The second-order valence-electron chi connectivity index (χ2n) is 13.9. The van der Waals surface area contributed by atoms with Gasteiger partial charge in [-0.25, -0.2) is 15.0 Å². The molecule has 2 aliphatic rings. The Bertz CT molecular complexity index is 3080. The van der Waals surface area contributed by atoms with Gasteiger partial charge in [0, 0.05) is 21.9 Å². The zero-order valence-electron chi connectivity index (χ0n) is 27.8. The van der Waals surface area contributed by atoms with Crippen molar-refractivity contribution >= 4 is 43.5 Å². The first-order chi connectivity index (χ1) is 25.8. The van der Waals surface area contributed by atoms with Crippen LogP contribution in [0.25, 0.3) is 88.8 Å². The van der Waals surface area contributed by atoms with Crippen molar-refractivity contribution in [2.75, 3.05) is 0 Å². The van der Waals surface area contributed by atoms with Gasteiger partial charge >= 0.3 is 0 Å². The summed E-state index contributed by atoms with van der Waals surface area (Å²) in [5.41, 5.74) is 11.6. The molecule has 1 spiro atoms. The molecule has 0 N–H and O–H groups in total. The maximum atomic E-state index is 6.47. The lowest BCUT2D eigenvalue weighted by molar-refractivity contribution is 0.669. The molecule has 2 heterocycles. The lowest BCUT2D eigenvalue weighted by Crippen LogP contribution is -2.26. The first kappa shape index (κ1) is 27.9.